The van der Waals surface area contributed by atoms with Gasteiger partial charge in [-0.15, -0.1) is 6.58 Å². The van der Waals surface area contributed by atoms with Crippen LogP contribution < -0.4 is 5.73 Å². The van der Waals surface area contributed by atoms with E-state index in [1.54, 1.807) is 43.5 Å². The van der Waals surface area contributed by atoms with Gasteiger partial charge in [0.2, 0.25) is 0 Å². The second-order valence-corrected chi connectivity index (χ2v) is 14.9. The van der Waals surface area contributed by atoms with Gasteiger partial charge in [-0.3, -0.25) is 0 Å². The Bertz CT molecular complexity index is 1280. The largest absolute Gasteiger partial charge is 0.392 e. The van der Waals surface area contributed by atoms with E-state index in [9.17, 15) is 13.5 Å². The summed E-state index contributed by atoms with van der Waals surface area (Å²) in [6, 6.07) is 8.44. The van der Waals surface area contributed by atoms with Crippen molar-refractivity contribution in [1.29, 1.82) is 0 Å². The number of aliphatic hydroxyl groups is 1. The predicted molar refractivity (Wildman–Crippen MR) is 179 cm³/mol. The van der Waals surface area contributed by atoms with Crippen molar-refractivity contribution in [2.75, 3.05) is 32.6 Å². The molecule has 0 amide bonds. The van der Waals surface area contributed by atoms with Crippen LogP contribution in [0.15, 0.2) is 84.3 Å². The number of nitrogens with two attached hydrogens (primary N) is 1. The molecular formula is C36H53NO8S. The Labute approximate surface area is 275 Å². The summed E-state index contributed by atoms with van der Waals surface area (Å²) in [5.41, 5.74) is 7.78. The van der Waals surface area contributed by atoms with Crippen LogP contribution in [0.4, 0.5) is 0 Å². The highest BCUT2D eigenvalue weighted by Crippen LogP contribution is 2.41. The summed E-state index contributed by atoms with van der Waals surface area (Å²) < 4.78 is 57.8. The zero-order valence-electron chi connectivity index (χ0n) is 27.4. The summed E-state index contributed by atoms with van der Waals surface area (Å²) in [7, 11) is -2.08. The van der Waals surface area contributed by atoms with Gasteiger partial charge in [-0.05, 0) is 48.5 Å². The minimum atomic E-state index is -3.64. The first-order valence-electron chi connectivity index (χ1n) is 16.4. The van der Waals surface area contributed by atoms with Gasteiger partial charge in [-0.2, -0.15) is 0 Å². The third kappa shape index (κ3) is 9.70. The highest BCUT2D eigenvalue weighted by molar-refractivity contribution is 7.91. The highest BCUT2D eigenvalue weighted by atomic mass is 32.2. The van der Waals surface area contributed by atoms with Gasteiger partial charge < -0.3 is 34.5 Å². The molecule has 3 N–H and O–H groups in total. The third-order valence-electron chi connectivity index (χ3n) is 9.45. The van der Waals surface area contributed by atoms with Crippen molar-refractivity contribution in [2.24, 2.45) is 17.6 Å². The van der Waals surface area contributed by atoms with Gasteiger partial charge in [0.25, 0.3) is 0 Å². The lowest BCUT2D eigenvalue weighted by Crippen LogP contribution is -2.40. The lowest BCUT2D eigenvalue weighted by atomic mass is 9.83. The summed E-state index contributed by atoms with van der Waals surface area (Å²) in [5, 5.41) is 10.4. The number of hydrogen-bond donors (Lipinski definition) is 2. The summed E-state index contributed by atoms with van der Waals surface area (Å²) >= 11 is 0. The molecule has 4 rings (SSSR count). The van der Waals surface area contributed by atoms with E-state index in [0.717, 1.165) is 36.8 Å². The van der Waals surface area contributed by atoms with Gasteiger partial charge in [0.1, 0.15) is 0 Å². The zero-order chi connectivity index (χ0) is 33.3. The minimum Gasteiger partial charge on any atom is -0.392 e. The average molecular weight is 660 g/mol. The molecule has 0 saturated carbocycles. The Kier molecular flexibility index (Phi) is 13.8. The van der Waals surface area contributed by atoms with E-state index in [1.165, 1.54) is 0 Å². The number of benzene rings is 1. The molecule has 0 spiro atoms. The molecule has 3 fully saturated rings. The Morgan fingerprint density at radius 3 is 2.54 bits per heavy atom. The van der Waals surface area contributed by atoms with Crippen LogP contribution >= 0.6 is 0 Å². The maximum atomic E-state index is 13.5. The maximum Gasteiger partial charge on any atom is 0.178 e. The summed E-state index contributed by atoms with van der Waals surface area (Å²) in [6.45, 7) is 15.6. The topological polar surface area (TPSA) is 127 Å². The second-order valence-electron chi connectivity index (χ2n) is 12.8. The summed E-state index contributed by atoms with van der Waals surface area (Å²) in [6.07, 6.45) is 7.02. The van der Waals surface area contributed by atoms with Crippen LogP contribution in [0.2, 0.25) is 0 Å². The van der Waals surface area contributed by atoms with E-state index in [1.807, 2.05) is 12.2 Å². The smallest absolute Gasteiger partial charge is 0.178 e. The first-order valence-corrected chi connectivity index (χ1v) is 18.1. The predicted octanol–water partition coefficient (Wildman–Crippen LogP) is 4.56. The molecule has 1 aromatic carbocycles. The molecule has 0 radical (unpaired) electrons. The van der Waals surface area contributed by atoms with Gasteiger partial charge >= 0.3 is 0 Å². The van der Waals surface area contributed by atoms with Gasteiger partial charge in [-0.25, -0.2) is 8.42 Å². The maximum absolute atomic E-state index is 13.5. The van der Waals surface area contributed by atoms with Crippen LogP contribution in [0.3, 0.4) is 0 Å². The number of methoxy groups -OCH3 is 1. The molecule has 9 nitrogen and oxygen atoms in total. The van der Waals surface area contributed by atoms with Crippen LogP contribution in [0.1, 0.15) is 45.4 Å². The monoisotopic (exact) mass is 659 g/mol. The van der Waals surface area contributed by atoms with Gasteiger partial charge in [-0.1, -0.05) is 56.5 Å². The fourth-order valence-corrected chi connectivity index (χ4v) is 8.59. The number of sulfone groups is 1. The molecule has 3 saturated heterocycles. The second kappa shape index (κ2) is 17.3. The van der Waals surface area contributed by atoms with E-state index < -0.39 is 40.2 Å². The molecule has 46 heavy (non-hydrogen) atoms. The van der Waals surface area contributed by atoms with Gasteiger partial charge in [0, 0.05) is 38.8 Å². The quantitative estimate of drug-likeness (QED) is 0.183. The fraction of sp³-hybridized carbons (Fsp3) is 0.611. The van der Waals surface area contributed by atoms with Crippen LogP contribution in [0, 0.1) is 11.8 Å². The normalized spacial score (nSPS) is 32.7. The highest BCUT2D eigenvalue weighted by Gasteiger charge is 2.48. The number of hydrogen-bond acceptors (Lipinski definition) is 9. The lowest BCUT2D eigenvalue weighted by molar-refractivity contribution is -0.0766. The Morgan fingerprint density at radius 2 is 1.85 bits per heavy atom. The molecule has 10 atom stereocenters. The molecule has 0 aromatic heterocycles. The average Bonchev–Trinajstić information content (AvgIpc) is 3.55. The Morgan fingerprint density at radius 1 is 1.09 bits per heavy atom. The molecule has 3 aliphatic rings. The van der Waals surface area contributed by atoms with E-state index in [4.69, 9.17) is 29.4 Å². The molecule has 0 aliphatic carbocycles. The van der Waals surface area contributed by atoms with Gasteiger partial charge in [0.15, 0.2) is 9.84 Å². The molecule has 3 aliphatic heterocycles. The van der Waals surface area contributed by atoms with Crippen molar-refractivity contribution in [3.05, 3.63) is 79.4 Å². The first kappa shape index (κ1) is 36.7. The fourth-order valence-electron chi connectivity index (χ4n) is 6.92. The van der Waals surface area contributed by atoms with Crippen molar-refractivity contribution < 1.29 is 37.2 Å². The zero-order valence-corrected chi connectivity index (χ0v) is 28.2. The van der Waals surface area contributed by atoms with Crippen LogP contribution in [-0.2, 0) is 33.5 Å². The minimum absolute atomic E-state index is 0.00775. The Balaban J connectivity index is 1.42. The van der Waals surface area contributed by atoms with Crippen molar-refractivity contribution in [3.63, 3.8) is 0 Å². The van der Waals surface area contributed by atoms with E-state index >= 15 is 0 Å². The SMILES string of the molecule is C=CCOC/C=C/C1CC(=C)C(CCC2C[C@@H](C)C(=C)[C@@H](C[C@@H]3OC(C[C@H](O)CN)[C@H](OC)C3CS(=O)(=O)c3ccccc3)O2)O1. The Hall–Kier alpha value is -2.15. The molecule has 256 valence electrons. The summed E-state index contributed by atoms with van der Waals surface area (Å²) in [4.78, 5) is 0.260. The molecular weight excluding hydrogens is 606 g/mol. The van der Waals surface area contributed by atoms with Crippen molar-refractivity contribution >= 4 is 9.84 Å². The van der Waals surface area contributed by atoms with Crippen LogP contribution in [0.25, 0.3) is 0 Å². The number of ether oxygens (including phenoxy) is 5. The van der Waals surface area contributed by atoms with E-state index in [-0.39, 0.29) is 53.9 Å². The van der Waals surface area contributed by atoms with Crippen molar-refractivity contribution in [2.45, 2.75) is 99.2 Å². The van der Waals surface area contributed by atoms with Crippen molar-refractivity contribution in [1.82, 2.24) is 0 Å². The number of rotatable bonds is 17. The lowest BCUT2D eigenvalue weighted by Gasteiger charge is -2.38. The molecule has 0 bridgehead atoms. The summed E-state index contributed by atoms with van der Waals surface area (Å²) in [5.74, 6) is -0.395. The third-order valence-corrected chi connectivity index (χ3v) is 11.3. The van der Waals surface area contributed by atoms with Crippen LogP contribution in [-0.4, -0.2) is 95.0 Å². The number of aliphatic hydroxyl groups excluding tert-OH is 1. The standard InChI is InChI=1S/C36H53NO8S/c1-6-16-42-17-10-11-28-19-25(3)32(43-28)15-14-29-18-24(2)26(4)33(44-29)21-34-31(23-46(39,40)30-12-8-7-9-13-30)36(41-5)35(45-34)20-27(38)22-37/h6-13,24,27-29,31-36,38H,1,3-4,14-23,37H2,2,5H3/b11-10+/t24-,27+,28?,29?,31?,32?,33-,34+,35?,36-/m1/s1. The molecule has 10 heteroatoms. The van der Waals surface area contributed by atoms with Gasteiger partial charge in [0.05, 0.1) is 72.7 Å². The van der Waals surface area contributed by atoms with Crippen molar-refractivity contribution in [3.8, 4) is 0 Å². The first-order chi connectivity index (χ1) is 22.1. The molecule has 5 unspecified atom stereocenters. The molecule has 1 aromatic rings. The van der Waals surface area contributed by atoms with E-state index in [2.05, 4.69) is 26.7 Å². The van der Waals surface area contributed by atoms with Crippen LogP contribution in [0.5, 0.6) is 0 Å². The molecule has 3 heterocycles. The van der Waals surface area contributed by atoms with E-state index in [0.29, 0.717) is 19.6 Å².